The van der Waals surface area contributed by atoms with E-state index in [1.165, 1.54) is 19.3 Å². The lowest BCUT2D eigenvalue weighted by Gasteiger charge is -2.25. The van der Waals surface area contributed by atoms with Crippen LogP contribution in [0.5, 0.6) is 17.2 Å². The molecule has 2 aromatic rings. The van der Waals surface area contributed by atoms with Gasteiger partial charge in [-0.25, -0.2) is 0 Å². The van der Waals surface area contributed by atoms with E-state index >= 15 is 0 Å². The van der Waals surface area contributed by atoms with Gasteiger partial charge in [0.1, 0.15) is 17.2 Å². The van der Waals surface area contributed by atoms with Gasteiger partial charge in [-0.3, -0.25) is 9.69 Å². The summed E-state index contributed by atoms with van der Waals surface area (Å²) in [4.78, 5) is 15.0. The summed E-state index contributed by atoms with van der Waals surface area (Å²) in [6.45, 7) is 5.67. The highest BCUT2D eigenvalue weighted by molar-refractivity contribution is 5.76. The van der Waals surface area contributed by atoms with Crippen LogP contribution in [-0.4, -0.2) is 68.0 Å². The molecule has 2 N–H and O–H groups in total. The van der Waals surface area contributed by atoms with E-state index in [4.69, 9.17) is 14.2 Å². The number of likely N-dealkylation sites (tertiary alicyclic amines) is 1. The number of aliphatic hydroxyl groups is 1. The average Bonchev–Trinajstić information content (AvgIpc) is 3.32. The van der Waals surface area contributed by atoms with Gasteiger partial charge in [0.15, 0.2) is 0 Å². The molecule has 0 aliphatic carbocycles. The Morgan fingerprint density at radius 1 is 0.973 bits per heavy atom. The Kier molecular flexibility index (Phi) is 12.6. The molecule has 0 saturated carbocycles. The molecule has 37 heavy (non-hydrogen) atoms. The molecule has 0 unspecified atom stereocenters. The minimum Gasteiger partial charge on any atom is -0.497 e. The van der Waals surface area contributed by atoms with Gasteiger partial charge < -0.3 is 24.6 Å². The SMILES string of the molecule is CCCCCCOc1ccc(C[C@@H](CN2CC[C@H](O)C2)NC(=O)CCCOc2ccc(OC)cc2)cc1. The van der Waals surface area contributed by atoms with Crippen molar-refractivity contribution < 1.29 is 24.1 Å². The van der Waals surface area contributed by atoms with Crippen LogP contribution in [-0.2, 0) is 11.2 Å². The highest BCUT2D eigenvalue weighted by Crippen LogP contribution is 2.18. The van der Waals surface area contributed by atoms with E-state index in [0.29, 0.717) is 26.0 Å². The first-order chi connectivity index (χ1) is 18.1. The molecule has 2 aromatic carbocycles. The summed E-state index contributed by atoms with van der Waals surface area (Å²) in [5, 5.41) is 13.2. The molecule has 1 fully saturated rings. The molecule has 0 bridgehead atoms. The zero-order chi connectivity index (χ0) is 26.3. The van der Waals surface area contributed by atoms with Crippen LogP contribution in [0.4, 0.5) is 0 Å². The molecule has 1 amide bonds. The summed E-state index contributed by atoms with van der Waals surface area (Å²) < 4.78 is 16.8. The zero-order valence-electron chi connectivity index (χ0n) is 22.5. The summed E-state index contributed by atoms with van der Waals surface area (Å²) >= 11 is 0. The molecule has 1 aliphatic heterocycles. The third kappa shape index (κ3) is 11.0. The molecular formula is C30H44N2O5. The summed E-state index contributed by atoms with van der Waals surface area (Å²) in [5.74, 6) is 2.46. The van der Waals surface area contributed by atoms with Crippen LogP contribution in [0.15, 0.2) is 48.5 Å². The van der Waals surface area contributed by atoms with E-state index in [1.807, 2.05) is 36.4 Å². The predicted molar refractivity (Wildman–Crippen MR) is 147 cm³/mol. The number of β-amino-alcohol motifs (C(OH)–C–C–N with tert-alkyl or cyclic N) is 1. The van der Waals surface area contributed by atoms with E-state index in [-0.39, 0.29) is 18.1 Å². The van der Waals surface area contributed by atoms with Gasteiger partial charge in [0.05, 0.1) is 26.4 Å². The van der Waals surface area contributed by atoms with Crippen LogP contribution in [0.2, 0.25) is 0 Å². The van der Waals surface area contributed by atoms with Gasteiger partial charge in [-0.15, -0.1) is 0 Å². The fourth-order valence-electron chi connectivity index (χ4n) is 4.57. The first-order valence-electron chi connectivity index (χ1n) is 13.7. The second-order valence-electron chi connectivity index (χ2n) is 9.85. The summed E-state index contributed by atoms with van der Waals surface area (Å²) in [7, 11) is 1.63. The van der Waals surface area contributed by atoms with Crippen LogP contribution in [0.3, 0.4) is 0 Å². The molecule has 7 heteroatoms. The topological polar surface area (TPSA) is 80.3 Å². The molecule has 0 radical (unpaired) electrons. The van der Waals surface area contributed by atoms with Gasteiger partial charge in [0.25, 0.3) is 0 Å². The van der Waals surface area contributed by atoms with Crippen LogP contribution in [0, 0.1) is 0 Å². The van der Waals surface area contributed by atoms with E-state index in [9.17, 15) is 9.90 Å². The fraction of sp³-hybridized carbons (Fsp3) is 0.567. The van der Waals surface area contributed by atoms with Crippen molar-refractivity contribution in [2.75, 3.05) is 40.0 Å². The maximum Gasteiger partial charge on any atom is 0.220 e. The average molecular weight is 513 g/mol. The number of aliphatic hydroxyl groups excluding tert-OH is 1. The van der Waals surface area contributed by atoms with Gasteiger partial charge in [-0.05, 0) is 67.6 Å². The minimum atomic E-state index is -0.278. The van der Waals surface area contributed by atoms with Crippen molar-refractivity contribution in [1.29, 1.82) is 0 Å². The standard InChI is InChI=1S/C30H44N2O5/c1-3-4-5-6-19-36-28-11-9-24(10-12-28)21-25(22-32-18-17-26(33)23-32)31-30(34)8-7-20-37-29-15-13-27(35-2)14-16-29/h9-16,25-26,33H,3-8,17-23H2,1-2H3,(H,31,34)/t25-,26-/m0/s1. The quantitative estimate of drug-likeness (QED) is 0.302. The van der Waals surface area contributed by atoms with E-state index in [1.54, 1.807) is 7.11 Å². The molecule has 1 heterocycles. The van der Waals surface area contributed by atoms with Crippen molar-refractivity contribution in [3.63, 3.8) is 0 Å². The number of unbranched alkanes of at least 4 members (excludes halogenated alkanes) is 3. The van der Waals surface area contributed by atoms with Gasteiger partial charge >= 0.3 is 0 Å². The summed E-state index contributed by atoms with van der Waals surface area (Å²) in [6.07, 6.45) is 7.04. The lowest BCUT2D eigenvalue weighted by Crippen LogP contribution is -2.44. The Hall–Kier alpha value is -2.77. The number of methoxy groups -OCH3 is 1. The number of nitrogens with zero attached hydrogens (tertiary/aromatic N) is 1. The van der Waals surface area contributed by atoms with Gasteiger partial charge in [0.2, 0.25) is 5.91 Å². The Morgan fingerprint density at radius 2 is 1.62 bits per heavy atom. The van der Waals surface area contributed by atoms with Crippen molar-refractivity contribution in [3.05, 3.63) is 54.1 Å². The number of ether oxygens (including phenoxy) is 3. The first-order valence-corrected chi connectivity index (χ1v) is 13.7. The maximum atomic E-state index is 12.8. The third-order valence-electron chi connectivity index (χ3n) is 6.64. The molecule has 1 aliphatic rings. The van der Waals surface area contributed by atoms with Crippen molar-refractivity contribution in [2.24, 2.45) is 0 Å². The number of benzene rings is 2. The smallest absolute Gasteiger partial charge is 0.220 e. The number of carbonyl (C=O) groups is 1. The monoisotopic (exact) mass is 512 g/mol. The largest absolute Gasteiger partial charge is 0.497 e. The van der Waals surface area contributed by atoms with E-state index in [2.05, 4.69) is 29.3 Å². The number of nitrogens with one attached hydrogen (secondary N) is 1. The van der Waals surface area contributed by atoms with Crippen molar-refractivity contribution in [1.82, 2.24) is 10.2 Å². The molecule has 0 aromatic heterocycles. The van der Waals surface area contributed by atoms with Crippen molar-refractivity contribution >= 4 is 5.91 Å². The minimum absolute atomic E-state index is 0.0232. The van der Waals surface area contributed by atoms with Crippen LogP contribution < -0.4 is 19.5 Å². The Labute approximate surface area is 222 Å². The molecule has 0 spiro atoms. The Bertz CT molecular complexity index is 903. The second-order valence-corrected chi connectivity index (χ2v) is 9.85. The number of hydrogen-bond donors (Lipinski definition) is 2. The van der Waals surface area contributed by atoms with Gasteiger partial charge in [-0.2, -0.15) is 0 Å². The van der Waals surface area contributed by atoms with Crippen molar-refractivity contribution in [2.45, 2.75) is 70.4 Å². The summed E-state index contributed by atoms with van der Waals surface area (Å²) in [6, 6.07) is 15.6. The number of carbonyl (C=O) groups excluding carboxylic acids is 1. The molecular weight excluding hydrogens is 468 g/mol. The highest BCUT2D eigenvalue weighted by Gasteiger charge is 2.24. The fourth-order valence-corrected chi connectivity index (χ4v) is 4.57. The lowest BCUT2D eigenvalue weighted by molar-refractivity contribution is -0.122. The van der Waals surface area contributed by atoms with Crippen LogP contribution >= 0.6 is 0 Å². The van der Waals surface area contributed by atoms with E-state index < -0.39 is 0 Å². The predicted octanol–water partition coefficient (Wildman–Crippen LogP) is 4.61. The molecule has 204 valence electrons. The number of amides is 1. The zero-order valence-corrected chi connectivity index (χ0v) is 22.5. The normalized spacial score (nSPS) is 16.4. The van der Waals surface area contributed by atoms with Gasteiger partial charge in [-0.1, -0.05) is 38.3 Å². The Balaban J connectivity index is 1.45. The molecule has 3 rings (SSSR count). The first kappa shape index (κ1) is 28.8. The van der Waals surface area contributed by atoms with Crippen molar-refractivity contribution in [3.8, 4) is 17.2 Å². The molecule has 2 atom stereocenters. The summed E-state index contributed by atoms with van der Waals surface area (Å²) in [5.41, 5.74) is 1.16. The Morgan fingerprint density at radius 3 is 2.24 bits per heavy atom. The van der Waals surface area contributed by atoms with Crippen LogP contribution in [0.1, 0.15) is 57.4 Å². The second kappa shape index (κ2) is 16.2. The van der Waals surface area contributed by atoms with Gasteiger partial charge in [0, 0.05) is 32.1 Å². The third-order valence-corrected chi connectivity index (χ3v) is 6.64. The number of rotatable bonds is 17. The highest BCUT2D eigenvalue weighted by atomic mass is 16.5. The molecule has 1 saturated heterocycles. The van der Waals surface area contributed by atoms with E-state index in [0.717, 1.165) is 61.8 Å². The maximum absolute atomic E-state index is 12.8. The van der Waals surface area contributed by atoms with Crippen LogP contribution in [0.25, 0.3) is 0 Å². The molecule has 7 nitrogen and oxygen atoms in total. The number of hydrogen-bond acceptors (Lipinski definition) is 6. The lowest BCUT2D eigenvalue weighted by atomic mass is 10.0.